The molecule has 1 aliphatic heterocycles. The lowest BCUT2D eigenvalue weighted by Gasteiger charge is -2.17. The van der Waals surface area contributed by atoms with Crippen LogP contribution in [0, 0.1) is 17.1 Å². The molecule has 0 saturated heterocycles. The third-order valence-electron chi connectivity index (χ3n) is 5.17. The molecule has 0 aliphatic carbocycles. The molecule has 1 unspecified atom stereocenters. The number of aromatic nitrogens is 3. The monoisotopic (exact) mass is 405 g/mol. The molecule has 152 valence electrons. The molecule has 8 heteroatoms. The van der Waals surface area contributed by atoms with E-state index in [-0.39, 0.29) is 23.1 Å². The van der Waals surface area contributed by atoms with Crippen molar-refractivity contribution < 1.29 is 13.9 Å². The Kier molecular flexibility index (Phi) is 5.44. The van der Waals surface area contributed by atoms with Crippen molar-refractivity contribution in [2.75, 3.05) is 7.11 Å². The molecule has 1 aromatic carbocycles. The first-order valence-corrected chi connectivity index (χ1v) is 9.67. The van der Waals surface area contributed by atoms with Crippen LogP contribution in [0.25, 0.3) is 11.3 Å². The number of halogens is 1. The Labute approximate surface area is 173 Å². The average Bonchev–Trinajstić information content (AvgIpc) is 3.11. The number of benzene rings is 1. The molecule has 1 aliphatic rings. The Morgan fingerprint density at radius 1 is 1.30 bits per heavy atom. The molecule has 1 N–H and O–H groups in total. The summed E-state index contributed by atoms with van der Waals surface area (Å²) in [6.07, 6.45) is 4.33. The maximum absolute atomic E-state index is 13.6. The number of pyridine rings is 1. The van der Waals surface area contributed by atoms with Gasteiger partial charge in [0.15, 0.2) is 0 Å². The van der Waals surface area contributed by atoms with Crippen LogP contribution in [0.2, 0.25) is 0 Å². The highest BCUT2D eigenvalue weighted by atomic mass is 19.1. The number of rotatable bonds is 4. The molecule has 0 bridgehead atoms. The number of ether oxygens (including phenoxy) is 1. The first kappa shape index (κ1) is 19.6. The third-order valence-corrected chi connectivity index (χ3v) is 5.17. The summed E-state index contributed by atoms with van der Waals surface area (Å²) in [6, 6.07) is 11.0. The number of fused-ring (bicyclic) bond motifs is 1. The van der Waals surface area contributed by atoms with Crippen molar-refractivity contribution in [3.05, 3.63) is 65.2 Å². The Bertz CT molecular complexity index is 1130. The number of methoxy groups -OCH3 is 1. The van der Waals surface area contributed by atoms with E-state index in [0.29, 0.717) is 5.88 Å². The number of hydrogen-bond acceptors (Lipinski definition) is 5. The minimum absolute atomic E-state index is 0.150. The maximum Gasteiger partial charge on any atom is 0.251 e. The molecular formula is C22H20FN5O2. The predicted molar refractivity (Wildman–Crippen MR) is 107 cm³/mol. The Morgan fingerprint density at radius 3 is 2.97 bits per heavy atom. The molecule has 30 heavy (non-hydrogen) atoms. The molecule has 4 rings (SSSR count). The second-order valence-electron chi connectivity index (χ2n) is 7.09. The van der Waals surface area contributed by atoms with E-state index in [1.54, 1.807) is 19.4 Å². The third kappa shape index (κ3) is 3.87. The van der Waals surface area contributed by atoms with Crippen LogP contribution in [0.5, 0.6) is 5.88 Å². The number of nitrogens with zero attached hydrogens (tertiary/aromatic N) is 4. The lowest BCUT2D eigenvalue weighted by molar-refractivity contribution is 0.0933. The van der Waals surface area contributed by atoms with Crippen molar-refractivity contribution >= 4 is 5.91 Å². The first-order chi connectivity index (χ1) is 14.6. The van der Waals surface area contributed by atoms with Crippen LogP contribution in [0.3, 0.4) is 0 Å². The van der Waals surface area contributed by atoms with Crippen molar-refractivity contribution in [1.29, 1.82) is 5.26 Å². The molecular weight excluding hydrogens is 385 g/mol. The Balaban J connectivity index is 1.62. The van der Waals surface area contributed by atoms with E-state index in [0.717, 1.165) is 48.8 Å². The quantitative estimate of drug-likeness (QED) is 0.716. The molecule has 0 spiro atoms. The number of nitrogens with one attached hydrogen (secondary N) is 1. The zero-order valence-electron chi connectivity index (χ0n) is 16.4. The van der Waals surface area contributed by atoms with E-state index in [1.165, 1.54) is 12.1 Å². The summed E-state index contributed by atoms with van der Waals surface area (Å²) in [5.41, 5.74) is 2.67. The number of nitriles is 1. The van der Waals surface area contributed by atoms with Crippen molar-refractivity contribution in [3.63, 3.8) is 0 Å². The van der Waals surface area contributed by atoms with Crippen molar-refractivity contribution in [2.24, 2.45) is 0 Å². The highest BCUT2D eigenvalue weighted by Gasteiger charge is 2.24. The van der Waals surface area contributed by atoms with Gasteiger partial charge < -0.3 is 10.1 Å². The van der Waals surface area contributed by atoms with Crippen LogP contribution >= 0.6 is 0 Å². The molecule has 1 atom stereocenters. The zero-order chi connectivity index (χ0) is 21.1. The second-order valence-corrected chi connectivity index (χ2v) is 7.09. The summed E-state index contributed by atoms with van der Waals surface area (Å²) in [6.45, 7) is 0.763. The lowest BCUT2D eigenvalue weighted by Crippen LogP contribution is -2.29. The van der Waals surface area contributed by atoms with E-state index in [2.05, 4.69) is 10.3 Å². The predicted octanol–water partition coefficient (Wildman–Crippen LogP) is 3.62. The highest BCUT2D eigenvalue weighted by Crippen LogP contribution is 2.29. The number of aryl methyl sites for hydroxylation is 1. The van der Waals surface area contributed by atoms with Crippen LogP contribution in [-0.4, -0.2) is 27.8 Å². The molecule has 1 amide bonds. The zero-order valence-corrected chi connectivity index (χ0v) is 16.4. The maximum atomic E-state index is 13.6. The molecule has 3 heterocycles. The summed E-state index contributed by atoms with van der Waals surface area (Å²) in [5.74, 6) is -0.484. The van der Waals surface area contributed by atoms with Gasteiger partial charge in [0.25, 0.3) is 5.91 Å². The molecule has 0 saturated carbocycles. The van der Waals surface area contributed by atoms with Gasteiger partial charge in [0, 0.05) is 29.9 Å². The molecule has 3 aromatic rings. The van der Waals surface area contributed by atoms with Gasteiger partial charge in [-0.05, 0) is 49.6 Å². The average molecular weight is 405 g/mol. The second kappa shape index (κ2) is 8.33. The van der Waals surface area contributed by atoms with Crippen LogP contribution in [0.1, 0.15) is 46.9 Å². The van der Waals surface area contributed by atoms with Gasteiger partial charge in [-0.3, -0.25) is 9.48 Å². The summed E-state index contributed by atoms with van der Waals surface area (Å²) < 4.78 is 20.7. The van der Waals surface area contributed by atoms with E-state index in [4.69, 9.17) is 15.1 Å². The fourth-order valence-electron chi connectivity index (χ4n) is 3.61. The van der Waals surface area contributed by atoms with Gasteiger partial charge in [-0.15, -0.1) is 0 Å². The van der Waals surface area contributed by atoms with Gasteiger partial charge >= 0.3 is 0 Å². The van der Waals surface area contributed by atoms with Gasteiger partial charge in [0.05, 0.1) is 30.1 Å². The lowest BCUT2D eigenvalue weighted by atomic mass is 10.0. The summed E-state index contributed by atoms with van der Waals surface area (Å²) in [5, 5.41) is 16.8. The van der Waals surface area contributed by atoms with Gasteiger partial charge in [-0.1, -0.05) is 0 Å². The van der Waals surface area contributed by atoms with Gasteiger partial charge in [-0.25, -0.2) is 9.37 Å². The fourth-order valence-corrected chi connectivity index (χ4v) is 3.61. The summed E-state index contributed by atoms with van der Waals surface area (Å²) in [4.78, 5) is 16.9. The number of carbonyl (C=O) groups excluding carboxylic acids is 1. The minimum Gasteiger partial charge on any atom is -0.481 e. The number of amides is 1. The van der Waals surface area contributed by atoms with Crippen molar-refractivity contribution in [1.82, 2.24) is 20.1 Å². The van der Waals surface area contributed by atoms with Crippen LogP contribution < -0.4 is 10.1 Å². The molecule has 7 nitrogen and oxygen atoms in total. The fraction of sp³-hybridized carbons (Fsp3) is 0.273. The van der Waals surface area contributed by atoms with Crippen molar-refractivity contribution in [2.45, 2.75) is 31.8 Å². The SMILES string of the molecule is COc1cc(-c2cc3n(n2)CCCCC3NC(=O)c2ccc(F)c(C#N)c2)ccn1. The van der Waals surface area contributed by atoms with E-state index in [1.807, 2.05) is 22.9 Å². The Morgan fingerprint density at radius 2 is 2.17 bits per heavy atom. The first-order valence-electron chi connectivity index (χ1n) is 9.67. The largest absolute Gasteiger partial charge is 0.481 e. The minimum atomic E-state index is -0.640. The van der Waals surface area contributed by atoms with Gasteiger partial charge in [-0.2, -0.15) is 10.4 Å². The standard InChI is InChI=1S/C22H20FN5O2/c1-30-21-11-14(7-8-25-21)19-12-20-18(4-2-3-9-28(20)27-19)26-22(29)15-5-6-17(23)16(10-15)13-24/h5-8,10-12,18H,2-4,9H2,1H3,(H,26,29). The van der Waals surface area contributed by atoms with Gasteiger partial charge in [0.2, 0.25) is 5.88 Å². The van der Waals surface area contributed by atoms with E-state index in [9.17, 15) is 9.18 Å². The number of hydrogen-bond donors (Lipinski definition) is 1. The normalized spacial score (nSPS) is 15.6. The summed E-state index contributed by atoms with van der Waals surface area (Å²) >= 11 is 0. The molecule has 2 aromatic heterocycles. The van der Waals surface area contributed by atoms with E-state index >= 15 is 0 Å². The highest BCUT2D eigenvalue weighted by molar-refractivity contribution is 5.94. The van der Waals surface area contributed by atoms with Crippen LogP contribution in [0.4, 0.5) is 4.39 Å². The smallest absolute Gasteiger partial charge is 0.251 e. The van der Waals surface area contributed by atoms with Crippen molar-refractivity contribution in [3.8, 4) is 23.2 Å². The molecule has 0 fully saturated rings. The van der Waals surface area contributed by atoms with Crippen LogP contribution in [0.15, 0.2) is 42.6 Å². The number of carbonyl (C=O) groups is 1. The molecule has 0 radical (unpaired) electrons. The summed E-state index contributed by atoms with van der Waals surface area (Å²) in [7, 11) is 1.56. The van der Waals surface area contributed by atoms with E-state index < -0.39 is 5.82 Å². The topological polar surface area (TPSA) is 92.8 Å². The Hall–Kier alpha value is -3.73. The van der Waals surface area contributed by atoms with Gasteiger partial charge in [0.1, 0.15) is 11.9 Å². The van der Waals surface area contributed by atoms with Crippen LogP contribution in [-0.2, 0) is 6.54 Å².